The van der Waals surface area contributed by atoms with Crippen LogP contribution in [-0.4, -0.2) is 31.0 Å². The summed E-state index contributed by atoms with van der Waals surface area (Å²) in [6.45, 7) is 7.24. The van der Waals surface area contributed by atoms with Crippen LogP contribution in [0.2, 0.25) is 0 Å². The van der Waals surface area contributed by atoms with Crippen LogP contribution in [0, 0.1) is 17.8 Å². The lowest BCUT2D eigenvalue weighted by Gasteiger charge is -2.50. The Kier molecular flexibility index (Phi) is 3.65. The zero-order chi connectivity index (χ0) is 13.5. The summed E-state index contributed by atoms with van der Waals surface area (Å²) in [6, 6.07) is 0. The fraction of sp³-hybridized carbons (Fsp3) is 1.00. The van der Waals surface area contributed by atoms with Gasteiger partial charge in [0.15, 0.2) is 0 Å². The number of hydrogen-bond acceptors (Lipinski definition) is 3. The molecule has 3 fully saturated rings. The van der Waals surface area contributed by atoms with Crippen LogP contribution in [0.1, 0.15) is 52.4 Å². The van der Waals surface area contributed by atoms with Crippen molar-refractivity contribution in [2.45, 2.75) is 63.5 Å². The maximum atomic E-state index is 6.87. The Morgan fingerprint density at radius 2 is 1.79 bits per heavy atom. The van der Waals surface area contributed by atoms with Crippen LogP contribution in [0.3, 0.4) is 0 Å². The van der Waals surface area contributed by atoms with Gasteiger partial charge in [0, 0.05) is 25.2 Å². The predicted molar refractivity (Wildman–Crippen MR) is 75.9 cm³/mol. The predicted octanol–water partition coefficient (Wildman–Crippen LogP) is 2.73. The Morgan fingerprint density at radius 3 is 2.42 bits per heavy atom. The molecule has 0 amide bonds. The normalized spacial score (nSPS) is 51.6. The van der Waals surface area contributed by atoms with E-state index < -0.39 is 0 Å². The molecule has 2 saturated heterocycles. The van der Waals surface area contributed by atoms with Crippen molar-refractivity contribution in [3.05, 3.63) is 0 Å². The van der Waals surface area contributed by atoms with Crippen molar-refractivity contribution in [3.63, 3.8) is 0 Å². The third-order valence-electron chi connectivity index (χ3n) is 5.63. The standard InChI is InChI=1S/C16H29NO2/c1-12-7-13(2)9-16(17,8-12)14-3-5-19-15(10-14)4-6-18-11-15/h12-14H,3-11,17H2,1-2H3. The maximum absolute atomic E-state index is 6.87. The number of hydrogen-bond donors (Lipinski definition) is 1. The van der Waals surface area contributed by atoms with E-state index in [0.717, 1.165) is 50.9 Å². The van der Waals surface area contributed by atoms with E-state index in [1.54, 1.807) is 0 Å². The van der Waals surface area contributed by atoms with E-state index in [4.69, 9.17) is 15.2 Å². The van der Waals surface area contributed by atoms with Crippen LogP contribution in [-0.2, 0) is 9.47 Å². The zero-order valence-corrected chi connectivity index (χ0v) is 12.5. The summed E-state index contributed by atoms with van der Waals surface area (Å²) in [5.41, 5.74) is 6.91. The fourth-order valence-electron chi connectivity index (χ4n) is 4.95. The molecule has 1 saturated carbocycles. The Hall–Kier alpha value is -0.120. The molecule has 4 unspecified atom stereocenters. The molecule has 1 aliphatic carbocycles. The summed E-state index contributed by atoms with van der Waals surface area (Å²) < 4.78 is 11.6. The van der Waals surface area contributed by atoms with E-state index in [-0.39, 0.29) is 11.1 Å². The van der Waals surface area contributed by atoms with E-state index in [9.17, 15) is 0 Å². The molecule has 0 aromatic heterocycles. The van der Waals surface area contributed by atoms with E-state index in [1.807, 2.05) is 0 Å². The van der Waals surface area contributed by atoms with Crippen molar-refractivity contribution in [3.8, 4) is 0 Å². The van der Waals surface area contributed by atoms with Gasteiger partial charge in [-0.25, -0.2) is 0 Å². The van der Waals surface area contributed by atoms with Crippen LogP contribution in [0.15, 0.2) is 0 Å². The van der Waals surface area contributed by atoms with Crippen LogP contribution >= 0.6 is 0 Å². The van der Waals surface area contributed by atoms with Crippen LogP contribution < -0.4 is 5.73 Å². The van der Waals surface area contributed by atoms with Gasteiger partial charge in [-0.15, -0.1) is 0 Å². The molecule has 3 heteroatoms. The smallest absolute Gasteiger partial charge is 0.0940 e. The molecular formula is C16H29NO2. The summed E-state index contributed by atoms with van der Waals surface area (Å²) in [7, 11) is 0. The van der Waals surface area contributed by atoms with Gasteiger partial charge in [0.1, 0.15) is 0 Å². The second-order valence-corrected chi connectivity index (χ2v) is 7.61. The maximum Gasteiger partial charge on any atom is 0.0940 e. The molecule has 19 heavy (non-hydrogen) atoms. The lowest BCUT2D eigenvalue weighted by Crippen LogP contribution is -2.56. The average molecular weight is 267 g/mol. The molecule has 3 rings (SSSR count). The molecular weight excluding hydrogens is 238 g/mol. The van der Waals surface area contributed by atoms with Crippen LogP contribution in [0.4, 0.5) is 0 Å². The molecule has 2 aliphatic heterocycles. The second-order valence-electron chi connectivity index (χ2n) is 7.61. The van der Waals surface area contributed by atoms with Gasteiger partial charge >= 0.3 is 0 Å². The van der Waals surface area contributed by atoms with E-state index in [0.29, 0.717) is 5.92 Å². The third kappa shape index (κ3) is 2.70. The van der Waals surface area contributed by atoms with Crippen molar-refractivity contribution >= 4 is 0 Å². The van der Waals surface area contributed by atoms with Crippen molar-refractivity contribution in [1.82, 2.24) is 0 Å². The Labute approximate surface area is 117 Å². The van der Waals surface area contributed by atoms with Gasteiger partial charge in [-0.05, 0) is 49.9 Å². The van der Waals surface area contributed by atoms with Crippen molar-refractivity contribution < 1.29 is 9.47 Å². The van der Waals surface area contributed by atoms with Crippen LogP contribution in [0.5, 0.6) is 0 Å². The van der Waals surface area contributed by atoms with E-state index in [2.05, 4.69) is 13.8 Å². The second kappa shape index (κ2) is 5.01. The lowest BCUT2D eigenvalue weighted by atomic mass is 9.63. The Bertz CT molecular complexity index is 315. The molecule has 0 aromatic carbocycles. The van der Waals surface area contributed by atoms with Gasteiger partial charge in [-0.3, -0.25) is 0 Å². The molecule has 0 bridgehead atoms. The first-order valence-electron chi connectivity index (χ1n) is 8.02. The van der Waals surface area contributed by atoms with Crippen LogP contribution in [0.25, 0.3) is 0 Å². The summed E-state index contributed by atoms with van der Waals surface area (Å²) in [4.78, 5) is 0. The van der Waals surface area contributed by atoms with Crippen molar-refractivity contribution in [1.29, 1.82) is 0 Å². The molecule has 3 aliphatic rings. The Balaban J connectivity index is 1.73. The highest BCUT2D eigenvalue weighted by molar-refractivity contribution is 5.02. The Morgan fingerprint density at radius 1 is 1.05 bits per heavy atom. The van der Waals surface area contributed by atoms with Gasteiger partial charge in [0.2, 0.25) is 0 Å². The topological polar surface area (TPSA) is 44.5 Å². The first-order chi connectivity index (χ1) is 9.01. The molecule has 1 spiro atoms. The summed E-state index contributed by atoms with van der Waals surface area (Å²) in [5.74, 6) is 2.16. The first kappa shape index (κ1) is 13.8. The minimum atomic E-state index is -0.000784. The highest BCUT2D eigenvalue weighted by atomic mass is 16.6. The SMILES string of the molecule is CC1CC(C)CC(N)(C2CCOC3(CCOC3)C2)C1. The number of ether oxygens (including phenoxy) is 2. The lowest BCUT2D eigenvalue weighted by molar-refractivity contribution is -0.115. The largest absolute Gasteiger partial charge is 0.378 e. The summed E-state index contributed by atoms with van der Waals surface area (Å²) >= 11 is 0. The summed E-state index contributed by atoms with van der Waals surface area (Å²) in [6.07, 6.45) is 7.04. The number of rotatable bonds is 1. The fourth-order valence-corrected chi connectivity index (χ4v) is 4.95. The van der Waals surface area contributed by atoms with Gasteiger partial charge in [-0.2, -0.15) is 0 Å². The summed E-state index contributed by atoms with van der Waals surface area (Å²) in [5, 5.41) is 0. The molecule has 2 N–H and O–H groups in total. The van der Waals surface area contributed by atoms with Gasteiger partial charge < -0.3 is 15.2 Å². The molecule has 0 aromatic rings. The van der Waals surface area contributed by atoms with Gasteiger partial charge in [0.25, 0.3) is 0 Å². The highest BCUT2D eigenvalue weighted by Gasteiger charge is 2.48. The van der Waals surface area contributed by atoms with E-state index >= 15 is 0 Å². The average Bonchev–Trinajstić information content (AvgIpc) is 2.75. The third-order valence-corrected chi connectivity index (χ3v) is 5.63. The minimum Gasteiger partial charge on any atom is -0.378 e. The molecule has 0 radical (unpaired) electrons. The van der Waals surface area contributed by atoms with Crippen molar-refractivity contribution in [2.24, 2.45) is 23.5 Å². The molecule has 3 nitrogen and oxygen atoms in total. The number of nitrogens with two attached hydrogens (primary N) is 1. The minimum absolute atomic E-state index is 0.000784. The van der Waals surface area contributed by atoms with E-state index in [1.165, 1.54) is 19.3 Å². The first-order valence-corrected chi connectivity index (χ1v) is 8.02. The zero-order valence-electron chi connectivity index (χ0n) is 12.5. The molecule has 2 heterocycles. The monoisotopic (exact) mass is 267 g/mol. The van der Waals surface area contributed by atoms with Crippen molar-refractivity contribution in [2.75, 3.05) is 19.8 Å². The molecule has 110 valence electrons. The quantitative estimate of drug-likeness (QED) is 0.794. The van der Waals surface area contributed by atoms with Gasteiger partial charge in [-0.1, -0.05) is 13.8 Å². The highest BCUT2D eigenvalue weighted by Crippen LogP contribution is 2.46. The van der Waals surface area contributed by atoms with Gasteiger partial charge in [0.05, 0.1) is 12.2 Å². The molecule has 4 atom stereocenters.